The minimum absolute atomic E-state index is 0.120. The summed E-state index contributed by atoms with van der Waals surface area (Å²) in [5.74, 6) is -0.120. The van der Waals surface area contributed by atoms with Crippen LogP contribution in [0.5, 0.6) is 0 Å². The molecule has 0 aliphatic carbocycles. The Bertz CT molecular complexity index is 323. The fourth-order valence-corrected chi connectivity index (χ4v) is 3.23. The van der Waals surface area contributed by atoms with Crippen LogP contribution in [0.15, 0.2) is 0 Å². The lowest BCUT2D eigenvalue weighted by Gasteiger charge is -2.24. The highest BCUT2D eigenvalue weighted by atomic mass is 16.6. The van der Waals surface area contributed by atoms with Crippen molar-refractivity contribution in [2.45, 2.75) is 117 Å². The second kappa shape index (κ2) is 16.6. The molecule has 0 aromatic heterocycles. The van der Waals surface area contributed by atoms with Gasteiger partial charge in [-0.15, -0.1) is 0 Å². The SMILES string of the molecule is [CH2]CCN(CCCCCCCCCCCCCC)CC(=O)OC(C)(C)C. The van der Waals surface area contributed by atoms with Gasteiger partial charge in [-0.2, -0.15) is 0 Å². The van der Waals surface area contributed by atoms with Crippen LogP contribution in [-0.2, 0) is 9.53 Å². The lowest BCUT2D eigenvalue weighted by Crippen LogP contribution is -2.36. The number of unbranched alkanes of at least 4 members (excludes halogenated alkanes) is 11. The Morgan fingerprint density at radius 1 is 0.808 bits per heavy atom. The molecule has 0 aromatic carbocycles. The molecule has 0 heterocycles. The molecular formula is C23H46NO2. The first kappa shape index (κ1) is 25.4. The van der Waals surface area contributed by atoms with E-state index in [1.165, 1.54) is 77.0 Å². The zero-order valence-corrected chi connectivity index (χ0v) is 18.3. The smallest absolute Gasteiger partial charge is 0.320 e. The molecule has 1 radical (unpaired) electrons. The Hall–Kier alpha value is -0.570. The van der Waals surface area contributed by atoms with Crippen molar-refractivity contribution in [3.05, 3.63) is 6.92 Å². The lowest BCUT2D eigenvalue weighted by atomic mass is 10.1. The van der Waals surface area contributed by atoms with Gasteiger partial charge in [-0.1, -0.05) is 84.5 Å². The van der Waals surface area contributed by atoms with Crippen molar-refractivity contribution >= 4 is 5.97 Å². The van der Waals surface area contributed by atoms with Gasteiger partial charge in [0.25, 0.3) is 0 Å². The molecule has 0 saturated carbocycles. The van der Waals surface area contributed by atoms with Gasteiger partial charge in [0.1, 0.15) is 5.60 Å². The molecule has 3 heteroatoms. The van der Waals surface area contributed by atoms with Crippen LogP contribution in [0.3, 0.4) is 0 Å². The molecule has 0 atom stereocenters. The summed E-state index contributed by atoms with van der Waals surface area (Å²) >= 11 is 0. The molecule has 0 unspecified atom stereocenters. The van der Waals surface area contributed by atoms with Gasteiger partial charge in [-0.05, 0) is 46.7 Å². The number of carbonyl (C=O) groups is 1. The van der Waals surface area contributed by atoms with E-state index in [1.807, 2.05) is 20.8 Å². The molecule has 155 valence electrons. The van der Waals surface area contributed by atoms with Gasteiger partial charge in [-0.25, -0.2) is 0 Å². The first-order valence-corrected chi connectivity index (χ1v) is 11.1. The number of nitrogens with zero attached hydrogens (tertiary/aromatic N) is 1. The number of ether oxygens (including phenoxy) is 1. The Morgan fingerprint density at radius 3 is 1.69 bits per heavy atom. The van der Waals surface area contributed by atoms with Gasteiger partial charge < -0.3 is 4.74 Å². The standard InChI is InChI=1S/C23H46NO2/c1-6-8-9-10-11-12-13-14-15-16-17-18-20-24(19-7-2)21-22(25)26-23(3,4)5/h2,6-21H2,1,3-5H3. The predicted octanol–water partition coefficient (Wildman–Crippen LogP) is 6.56. The largest absolute Gasteiger partial charge is 0.459 e. The Balaban J connectivity index is 3.61. The molecule has 26 heavy (non-hydrogen) atoms. The van der Waals surface area contributed by atoms with E-state index in [0.717, 1.165) is 19.5 Å². The fraction of sp³-hybridized carbons (Fsp3) is 0.913. The van der Waals surface area contributed by atoms with E-state index in [2.05, 4.69) is 18.7 Å². The quantitative estimate of drug-likeness (QED) is 0.215. The molecule has 0 amide bonds. The third kappa shape index (κ3) is 18.2. The van der Waals surface area contributed by atoms with Gasteiger partial charge >= 0.3 is 5.97 Å². The molecule has 0 saturated heterocycles. The third-order valence-electron chi connectivity index (χ3n) is 4.57. The Morgan fingerprint density at radius 2 is 1.27 bits per heavy atom. The molecule has 0 aliphatic heterocycles. The normalized spacial score (nSPS) is 11.9. The summed E-state index contributed by atoms with van der Waals surface area (Å²) < 4.78 is 5.43. The van der Waals surface area contributed by atoms with E-state index < -0.39 is 5.60 Å². The van der Waals surface area contributed by atoms with Crippen LogP contribution in [0.25, 0.3) is 0 Å². The molecule has 0 N–H and O–H groups in total. The first-order chi connectivity index (χ1) is 12.4. The third-order valence-corrected chi connectivity index (χ3v) is 4.57. The number of carbonyl (C=O) groups excluding carboxylic acids is 1. The zero-order valence-electron chi connectivity index (χ0n) is 18.3. The van der Waals surface area contributed by atoms with Gasteiger partial charge in [-0.3, -0.25) is 9.69 Å². The number of rotatable bonds is 17. The van der Waals surface area contributed by atoms with E-state index >= 15 is 0 Å². The van der Waals surface area contributed by atoms with Crippen molar-refractivity contribution in [1.82, 2.24) is 4.90 Å². The van der Waals surface area contributed by atoms with Crippen LogP contribution in [-0.4, -0.2) is 36.1 Å². The summed E-state index contributed by atoms with van der Waals surface area (Å²) in [7, 11) is 0. The maximum atomic E-state index is 12.0. The highest BCUT2D eigenvalue weighted by Gasteiger charge is 2.18. The van der Waals surface area contributed by atoms with E-state index in [9.17, 15) is 4.79 Å². The van der Waals surface area contributed by atoms with E-state index in [-0.39, 0.29) is 5.97 Å². The van der Waals surface area contributed by atoms with Crippen LogP contribution in [0.1, 0.15) is 111 Å². The van der Waals surface area contributed by atoms with Crippen LogP contribution in [0.2, 0.25) is 0 Å². The maximum Gasteiger partial charge on any atom is 0.320 e. The number of hydrogen-bond acceptors (Lipinski definition) is 3. The van der Waals surface area contributed by atoms with E-state index in [1.54, 1.807) is 0 Å². The summed E-state index contributed by atoms with van der Waals surface area (Å²) in [6.45, 7) is 14.2. The summed E-state index contributed by atoms with van der Waals surface area (Å²) in [5, 5.41) is 0. The average molecular weight is 369 g/mol. The van der Waals surface area contributed by atoms with Gasteiger partial charge in [0.2, 0.25) is 0 Å². The number of esters is 1. The summed E-state index contributed by atoms with van der Waals surface area (Å²) in [5.41, 5.74) is -0.400. The highest BCUT2D eigenvalue weighted by molar-refractivity contribution is 5.72. The molecule has 0 rings (SSSR count). The first-order valence-electron chi connectivity index (χ1n) is 11.1. The Labute approximate surface area is 164 Å². The molecule has 3 nitrogen and oxygen atoms in total. The van der Waals surface area contributed by atoms with E-state index in [0.29, 0.717) is 6.54 Å². The molecule has 0 aliphatic rings. The van der Waals surface area contributed by atoms with Crippen molar-refractivity contribution in [2.75, 3.05) is 19.6 Å². The fourth-order valence-electron chi connectivity index (χ4n) is 3.23. The van der Waals surface area contributed by atoms with Crippen LogP contribution in [0, 0.1) is 6.92 Å². The molecule has 0 fully saturated rings. The Kier molecular flexibility index (Phi) is 16.2. The maximum absolute atomic E-state index is 12.0. The molecule has 0 aromatic rings. The minimum Gasteiger partial charge on any atom is -0.459 e. The van der Waals surface area contributed by atoms with Crippen molar-refractivity contribution in [2.24, 2.45) is 0 Å². The van der Waals surface area contributed by atoms with Gasteiger partial charge in [0.05, 0.1) is 6.54 Å². The summed E-state index contributed by atoms with van der Waals surface area (Å²) in [6.07, 6.45) is 17.1. The molecule has 0 bridgehead atoms. The lowest BCUT2D eigenvalue weighted by molar-refractivity contribution is -0.156. The monoisotopic (exact) mass is 368 g/mol. The van der Waals surface area contributed by atoms with Crippen molar-refractivity contribution in [3.8, 4) is 0 Å². The predicted molar refractivity (Wildman–Crippen MR) is 113 cm³/mol. The zero-order chi connectivity index (χ0) is 19.7. The second-order valence-electron chi connectivity index (χ2n) is 8.61. The average Bonchev–Trinajstić information content (AvgIpc) is 2.54. The summed E-state index contributed by atoms with van der Waals surface area (Å²) in [6, 6.07) is 0. The van der Waals surface area contributed by atoms with Crippen LogP contribution < -0.4 is 0 Å². The van der Waals surface area contributed by atoms with Crippen LogP contribution >= 0.6 is 0 Å². The van der Waals surface area contributed by atoms with Gasteiger partial charge in [0.15, 0.2) is 0 Å². The van der Waals surface area contributed by atoms with Crippen LogP contribution in [0.4, 0.5) is 0 Å². The van der Waals surface area contributed by atoms with Crippen molar-refractivity contribution in [3.63, 3.8) is 0 Å². The van der Waals surface area contributed by atoms with Crippen molar-refractivity contribution < 1.29 is 9.53 Å². The molecule has 0 spiro atoms. The second-order valence-corrected chi connectivity index (χ2v) is 8.61. The minimum atomic E-state index is -0.400. The molecular weight excluding hydrogens is 322 g/mol. The van der Waals surface area contributed by atoms with Gasteiger partial charge in [0, 0.05) is 0 Å². The number of hydrogen-bond donors (Lipinski definition) is 0. The highest BCUT2D eigenvalue weighted by Crippen LogP contribution is 2.12. The van der Waals surface area contributed by atoms with E-state index in [4.69, 9.17) is 4.74 Å². The van der Waals surface area contributed by atoms with Crippen molar-refractivity contribution in [1.29, 1.82) is 0 Å². The summed E-state index contributed by atoms with van der Waals surface area (Å²) in [4.78, 5) is 14.2. The topological polar surface area (TPSA) is 29.5 Å².